The first-order valence-corrected chi connectivity index (χ1v) is 10.4. The number of hydrogen-bond acceptors (Lipinski definition) is 2. The third-order valence-corrected chi connectivity index (χ3v) is 6.70. The van der Waals surface area contributed by atoms with Crippen LogP contribution in [-0.4, -0.2) is 32.7 Å². The molecule has 3 atom stereocenters. The molecule has 0 spiro atoms. The number of nitrogens with zero attached hydrogens (tertiary/aromatic N) is 1. The Morgan fingerprint density at radius 1 is 1.15 bits per heavy atom. The standard InChI is InChI=1S/C21H24N2O3S/c1-21-12-11-20(24)23(2)19(21)10-6-16-13-15(5-9-18(16)21)14-3-7-17(8-4-14)22-27(25)26/h3-5,7-9,13,19,22H,6,10-12H2,1-2H3,(H,25,26)/t19-,21-/m1/s1. The van der Waals surface area contributed by atoms with Crippen LogP contribution in [0.1, 0.15) is 37.3 Å². The lowest BCUT2D eigenvalue weighted by atomic mass is 9.63. The first-order valence-electron chi connectivity index (χ1n) is 9.25. The van der Waals surface area contributed by atoms with Gasteiger partial charge in [0.15, 0.2) is 0 Å². The molecule has 27 heavy (non-hydrogen) atoms. The summed E-state index contributed by atoms with van der Waals surface area (Å²) in [6.45, 7) is 2.30. The lowest BCUT2D eigenvalue weighted by Crippen LogP contribution is -2.56. The molecule has 0 aromatic heterocycles. The van der Waals surface area contributed by atoms with Gasteiger partial charge in [-0.1, -0.05) is 37.3 Å². The molecule has 142 valence electrons. The molecule has 6 heteroatoms. The summed E-state index contributed by atoms with van der Waals surface area (Å²) in [5.74, 6) is 0.259. The maximum Gasteiger partial charge on any atom is 0.259 e. The molecule has 1 unspecified atom stereocenters. The number of nitrogens with one attached hydrogen (secondary N) is 1. The minimum absolute atomic E-state index is 0.0216. The van der Waals surface area contributed by atoms with Crippen molar-refractivity contribution >= 4 is 22.9 Å². The summed E-state index contributed by atoms with van der Waals surface area (Å²) in [7, 11) is 1.94. The fraction of sp³-hybridized carbons (Fsp3) is 0.381. The molecule has 1 aliphatic heterocycles. The largest absolute Gasteiger partial charge is 0.342 e. The molecule has 5 nitrogen and oxygen atoms in total. The predicted molar refractivity (Wildman–Crippen MR) is 108 cm³/mol. The molecule has 1 aliphatic carbocycles. The van der Waals surface area contributed by atoms with Crippen LogP contribution in [0.4, 0.5) is 5.69 Å². The van der Waals surface area contributed by atoms with Crippen LogP contribution in [-0.2, 0) is 27.9 Å². The molecule has 0 saturated carbocycles. The van der Waals surface area contributed by atoms with Gasteiger partial charge in [-0.25, -0.2) is 4.21 Å². The first kappa shape index (κ1) is 18.2. The SMILES string of the molecule is CN1C(=O)CC[C@]2(C)c3ccc(-c4ccc(NS(=O)O)cc4)cc3CC[C@@H]12. The van der Waals surface area contributed by atoms with Gasteiger partial charge in [0.25, 0.3) is 11.3 Å². The molecular formula is C21H24N2O3S. The number of carbonyl (C=O) groups excluding carboxylic acids is 1. The van der Waals surface area contributed by atoms with Crippen molar-refractivity contribution in [3.63, 3.8) is 0 Å². The molecule has 1 fully saturated rings. The van der Waals surface area contributed by atoms with Crippen molar-refractivity contribution in [1.29, 1.82) is 0 Å². The van der Waals surface area contributed by atoms with Crippen molar-refractivity contribution in [2.45, 2.75) is 44.1 Å². The highest BCUT2D eigenvalue weighted by Gasteiger charge is 2.46. The van der Waals surface area contributed by atoms with E-state index < -0.39 is 11.3 Å². The van der Waals surface area contributed by atoms with Crippen LogP contribution in [0.3, 0.4) is 0 Å². The molecule has 2 aliphatic rings. The molecule has 0 bridgehead atoms. The third kappa shape index (κ3) is 3.17. The Morgan fingerprint density at radius 3 is 2.56 bits per heavy atom. The summed E-state index contributed by atoms with van der Waals surface area (Å²) < 4.78 is 22.2. The van der Waals surface area contributed by atoms with Crippen LogP contribution in [0, 0.1) is 0 Å². The number of hydrogen-bond donors (Lipinski definition) is 2. The fourth-order valence-corrected chi connectivity index (χ4v) is 5.14. The summed E-state index contributed by atoms with van der Waals surface area (Å²) in [5, 5.41) is 0. The van der Waals surface area contributed by atoms with Gasteiger partial charge in [0.05, 0.1) is 0 Å². The Kier molecular flexibility index (Phi) is 4.56. The maximum atomic E-state index is 12.1. The molecule has 2 aromatic carbocycles. The highest BCUT2D eigenvalue weighted by atomic mass is 32.2. The molecule has 1 saturated heterocycles. The van der Waals surface area contributed by atoms with Gasteiger partial charge in [-0.05, 0) is 53.6 Å². The van der Waals surface area contributed by atoms with Crippen molar-refractivity contribution in [3.8, 4) is 11.1 Å². The second-order valence-corrected chi connectivity index (χ2v) is 8.48. The molecular weight excluding hydrogens is 360 g/mol. The summed E-state index contributed by atoms with van der Waals surface area (Å²) in [4.78, 5) is 14.1. The van der Waals surface area contributed by atoms with E-state index in [-0.39, 0.29) is 17.4 Å². The highest BCUT2D eigenvalue weighted by molar-refractivity contribution is 7.80. The van der Waals surface area contributed by atoms with E-state index in [0.717, 1.165) is 30.4 Å². The van der Waals surface area contributed by atoms with Gasteiger partial charge in [0, 0.05) is 30.6 Å². The van der Waals surface area contributed by atoms with Crippen LogP contribution in [0.15, 0.2) is 42.5 Å². The Morgan fingerprint density at radius 2 is 1.85 bits per heavy atom. The Hall–Kier alpha value is -2.18. The summed E-state index contributed by atoms with van der Waals surface area (Å²) >= 11 is -2.06. The zero-order valence-electron chi connectivity index (χ0n) is 15.6. The fourth-order valence-electron chi connectivity index (χ4n) is 4.80. The number of piperidine rings is 1. The number of anilines is 1. The van der Waals surface area contributed by atoms with E-state index in [1.807, 2.05) is 36.2 Å². The van der Waals surface area contributed by atoms with Gasteiger partial charge >= 0.3 is 0 Å². The van der Waals surface area contributed by atoms with Crippen LogP contribution in [0.25, 0.3) is 11.1 Å². The number of carbonyl (C=O) groups is 1. The Bertz CT molecular complexity index is 912. The van der Waals surface area contributed by atoms with E-state index in [9.17, 15) is 9.00 Å². The monoisotopic (exact) mass is 384 g/mol. The number of amides is 1. The second-order valence-electron chi connectivity index (χ2n) is 7.78. The van der Waals surface area contributed by atoms with E-state index in [1.54, 1.807) is 0 Å². The van der Waals surface area contributed by atoms with Crippen molar-refractivity contribution < 1.29 is 13.6 Å². The van der Waals surface area contributed by atoms with E-state index in [0.29, 0.717) is 12.1 Å². The average molecular weight is 385 g/mol. The summed E-state index contributed by atoms with van der Waals surface area (Å²) in [5.41, 5.74) is 5.60. The quantitative estimate of drug-likeness (QED) is 0.793. The van der Waals surface area contributed by atoms with Gasteiger partial charge in [0.1, 0.15) is 0 Å². The van der Waals surface area contributed by atoms with Gasteiger partial charge in [-0.2, -0.15) is 0 Å². The smallest absolute Gasteiger partial charge is 0.259 e. The lowest BCUT2D eigenvalue weighted by Gasteiger charge is -2.50. The van der Waals surface area contributed by atoms with Crippen LogP contribution in [0.2, 0.25) is 0 Å². The van der Waals surface area contributed by atoms with Crippen molar-refractivity contribution in [3.05, 3.63) is 53.6 Å². The molecule has 2 aromatic rings. The van der Waals surface area contributed by atoms with Gasteiger partial charge in [0.2, 0.25) is 5.91 Å². The van der Waals surface area contributed by atoms with Gasteiger partial charge < -0.3 is 4.90 Å². The van der Waals surface area contributed by atoms with E-state index in [2.05, 4.69) is 29.8 Å². The number of rotatable bonds is 3. The molecule has 1 heterocycles. The third-order valence-electron chi connectivity index (χ3n) is 6.29. The van der Waals surface area contributed by atoms with E-state index in [4.69, 9.17) is 4.55 Å². The number of likely N-dealkylation sites (N-methyl/N-ethyl adjacent to an activating group) is 1. The number of aryl methyl sites for hydroxylation is 1. The van der Waals surface area contributed by atoms with Crippen molar-refractivity contribution in [2.24, 2.45) is 0 Å². The van der Waals surface area contributed by atoms with Crippen molar-refractivity contribution in [1.82, 2.24) is 4.90 Å². The van der Waals surface area contributed by atoms with E-state index in [1.165, 1.54) is 11.1 Å². The van der Waals surface area contributed by atoms with E-state index >= 15 is 0 Å². The topological polar surface area (TPSA) is 69.6 Å². The van der Waals surface area contributed by atoms with Crippen LogP contribution in [0.5, 0.6) is 0 Å². The summed E-state index contributed by atoms with van der Waals surface area (Å²) in [6.07, 6.45) is 3.50. The zero-order chi connectivity index (χ0) is 19.2. The Labute approximate surface area is 162 Å². The molecule has 1 amide bonds. The van der Waals surface area contributed by atoms with Gasteiger partial charge in [-0.15, -0.1) is 0 Å². The maximum absolute atomic E-state index is 12.1. The molecule has 2 N–H and O–H groups in total. The average Bonchev–Trinajstić information content (AvgIpc) is 2.65. The predicted octanol–water partition coefficient (Wildman–Crippen LogP) is 3.73. The Balaban J connectivity index is 1.65. The summed E-state index contributed by atoms with van der Waals surface area (Å²) in [6, 6.07) is 14.4. The minimum Gasteiger partial charge on any atom is -0.342 e. The highest BCUT2D eigenvalue weighted by Crippen LogP contribution is 2.46. The minimum atomic E-state index is -2.06. The number of likely N-dealkylation sites (tertiary alicyclic amines) is 1. The first-order chi connectivity index (χ1) is 12.9. The number of fused-ring (bicyclic) bond motifs is 3. The molecule has 0 radical (unpaired) electrons. The van der Waals surface area contributed by atoms with Crippen LogP contribution < -0.4 is 4.72 Å². The second kappa shape index (κ2) is 6.77. The molecule has 4 rings (SSSR count). The zero-order valence-corrected chi connectivity index (χ0v) is 16.4. The lowest BCUT2D eigenvalue weighted by molar-refractivity contribution is -0.138. The normalized spacial score (nSPS) is 25.5. The van der Waals surface area contributed by atoms with Gasteiger partial charge in [-0.3, -0.25) is 14.1 Å². The van der Waals surface area contributed by atoms with Crippen LogP contribution >= 0.6 is 0 Å². The van der Waals surface area contributed by atoms with Crippen molar-refractivity contribution in [2.75, 3.05) is 11.8 Å². The number of benzene rings is 2.